The van der Waals surface area contributed by atoms with Crippen molar-refractivity contribution in [3.05, 3.63) is 107 Å². The zero-order chi connectivity index (χ0) is 27.9. The molecule has 8 heteroatoms. The van der Waals surface area contributed by atoms with Crippen molar-refractivity contribution < 1.29 is 13.5 Å². The lowest BCUT2D eigenvalue weighted by Crippen LogP contribution is -2.39. The van der Waals surface area contributed by atoms with Crippen molar-refractivity contribution in [3.8, 4) is 28.0 Å². The summed E-state index contributed by atoms with van der Waals surface area (Å²) < 4.78 is 31.4. The molecule has 1 atom stereocenters. The molecule has 0 bridgehead atoms. The summed E-state index contributed by atoms with van der Waals surface area (Å²) in [5.41, 5.74) is 5.72. The van der Waals surface area contributed by atoms with Crippen molar-refractivity contribution in [2.45, 2.75) is 30.6 Å². The molecule has 2 aromatic heterocycles. The molecule has 0 unspecified atom stereocenters. The second-order valence-electron chi connectivity index (χ2n) is 10.4. The van der Waals surface area contributed by atoms with E-state index in [0.29, 0.717) is 18.0 Å². The molecule has 204 valence electrons. The smallest absolute Gasteiger partial charge is 0.243 e. The van der Waals surface area contributed by atoms with Gasteiger partial charge in [0, 0.05) is 30.3 Å². The van der Waals surface area contributed by atoms with E-state index in [1.54, 1.807) is 28.7 Å². The van der Waals surface area contributed by atoms with Crippen LogP contribution in [0.1, 0.15) is 31.4 Å². The summed E-state index contributed by atoms with van der Waals surface area (Å²) in [7, 11) is -3.57. The van der Waals surface area contributed by atoms with Gasteiger partial charge >= 0.3 is 0 Å². The second-order valence-corrected chi connectivity index (χ2v) is 13.2. The Morgan fingerprint density at radius 3 is 2.23 bits per heavy atom. The summed E-state index contributed by atoms with van der Waals surface area (Å²) >= 11 is 3.62. The minimum atomic E-state index is -3.57. The third-order valence-corrected chi connectivity index (χ3v) is 10.6. The highest BCUT2D eigenvalue weighted by Crippen LogP contribution is 2.38. The van der Waals surface area contributed by atoms with E-state index in [0.717, 1.165) is 50.8 Å². The molecular weight excluding hydrogens is 586 g/mol. The number of hydrogen-bond acceptors (Lipinski definition) is 4. The molecule has 1 N–H and O–H groups in total. The Balaban J connectivity index is 1.22. The number of phenolic OH excluding ortho intramolecular Hbond substituents is 1. The molecule has 0 saturated carbocycles. The first-order chi connectivity index (χ1) is 19.3. The minimum Gasteiger partial charge on any atom is -0.507 e. The van der Waals surface area contributed by atoms with E-state index < -0.39 is 10.0 Å². The van der Waals surface area contributed by atoms with Crippen LogP contribution < -0.4 is 0 Å². The number of pyridine rings is 1. The Hall–Kier alpha value is -3.46. The number of aromatic nitrogens is 2. The molecule has 3 aromatic carbocycles. The molecule has 1 saturated heterocycles. The van der Waals surface area contributed by atoms with Crippen molar-refractivity contribution >= 4 is 31.5 Å². The topological polar surface area (TPSA) is 74.9 Å². The van der Waals surface area contributed by atoms with E-state index in [4.69, 9.17) is 0 Å². The Bertz CT molecular complexity index is 1760. The van der Waals surface area contributed by atoms with Gasteiger partial charge in [-0.1, -0.05) is 67.6 Å². The maximum Gasteiger partial charge on any atom is 0.243 e. The summed E-state index contributed by atoms with van der Waals surface area (Å²) in [6.07, 6.45) is 3.30. The van der Waals surface area contributed by atoms with E-state index in [-0.39, 0.29) is 17.6 Å². The fraction of sp³-hybridized carbons (Fsp3) is 0.219. The molecule has 6 nitrogen and oxygen atoms in total. The van der Waals surface area contributed by atoms with Crippen LogP contribution in [0.4, 0.5) is 0 Å². The largest absolute Gasteiger partial charge is 0.507 e. The van der Waals surface area contributed by atoms with Gasteiger partial charge in [-0.15, -0.1) is 0 Å². The lowest BCUT2D eigenvalue weighted by Gasteiger charge is -2.34. The standard InChI is InChI=1S/C32H30BrN3O3S/c1-22(30-19-26(28-9-5-6-10-32(28)37)20-31-29(33)21-34-36(30)31)23-15-17-35(18-16-23)40(38,39)27-13-11-25(12-14-27)24-7-3-2-4-8-24/h2-14,19-23,37H,15-18H2,1H3/t22-/m1/s1. The van der Waals surface area contributed by atoms with Crippen molar-refractivity contribution in [1.29, 1.82) is 0 Å². The van der Waals surface area contributed by atoms with Crippen LogP contribution >= 0.6 is 15.9 Å². The van der Waals surface area contributed by atoms with Gasteiger partial charge in [0.2, 0.25) is 10.0 Å². The summed E-state index contributed by atoms with van der Waals surface area (Å²) in [6.45, 7) is 3.14. The number of hydrogen-bond donors (Lipinski definition) is 1. The van der Waals surface area contributed by atoms with Crippen LogP contribution in [0.5, 0.6) is 5.75 Å². The quantitative estimate of drug-likeness (QED) is 0.217. The Morgan fingerprint density at radius 2 is 1.52 bits per heavy atom. The molecule has 0 aliphatic carbocycles. The van der Waals surface area contributed by atoms with Crippen LogP contribution in [-0.2, 0) is 10.0 Å². The number of phenols is 1. The van der Waals surface area contributed by atoms with Crippen LogP contribution in [0, 0.1) is 5.92 Å². The summed E-state index contributed by atoms with van der Waals surface area (Å²) in [4.78, 5) is 0.331. The van der Waals surface area contributed by atoms with Crippen LogP contribution in [-0.4, -0.2) is 40.5 Å². The number of fused-ring (bicyclic) bond motifs is 1. The molecule has 1 aliphatic rings. The second kappa shape index (κ2) is 10.8. The van der Waals surface area contributed by atoms with Crippen molar-refractivity contribution in [2.75, 3.05) is 13.1 Å². The first-order valence-corrected chi connectivity index (χ1v) is 15.7. The van der Waals surface area contributed by atoms with Crippen LogP contribution in [0.3, 0.4) is 0 Å². The van der Waals surface area contributed by atoms with Gasteiger partial charge in [0.25, 0.3) is 0 Å². The predicted octanol–water partition coefficient (Wildman–Crippen LogP) is 7.34. The number of piperidine rings is 1. The zero-order valence-corrected chi connectivity index (χ0v) is 24.5. The fourth-order valence-electron chi connectivity index (χ4n) is 5.74. The Labute approximate surface area is 243 Å². The molecule has 0 spiro atoms. The van der Waals surface area contributed by atoms with Gasteiger partial charge in [-0.3, -0.25) is 0 Å². The van der Waals surface area contributed by atoms with Crippen LogP contribution in [0.15, 0.2) is 107 Å². The first-order valence-electron chi connectivity index (χ1n) is 13.4. The molecule has 40 heavy (non-hydrogen) atoms. The van der Waals surface area contributed by atoms with E-state index >= 15 is 0 Å². The highest BCUT2D eigenvalue weighted by Gasteiger charge is 2.33. The van der Waals surface area contributed by atoms with Gasteiger partial charge in [-0.05, 0) is 81.7 Å². The maximum absolute atomic E-state index is 13.5. The first kappa shape index (κ1) is 26.7. The zero-order valence-electron chi connectivity index (χ0n) is 22.1. The minimum absolute atomic E-state index is 0.134. The van der Waals surface area contributed by atoms with E-state index in [2.05, 4.69) is 34.0 Å². The van der Waals surface area contributed by atoms with Gasteiger partial charge < -0.3 is 5.11 Å². The van der Waals surface area contributed by atoms with Gasteiger partial charge in [-0.2, -0.15) is 9.40 Å². The third kappa shape index (κ3) is 4.96. The van der Waals surface area contributed by atoms with Gasteiger partial charge in [0.1, 0.15) is 5.75 Å². The van der Waals surface area contributed by atoms with E-state index in [1.807, 2.05) is 71.2 Å². The SMILES string of the molecule is C[C@@H](c1cc(-c2ccccc2O)cc2c(Br)cnn12)C1CCN(S(=O)(=O)c2ccc(-c3ccccc3)cc2)CC1. The number of halogens is 1. The van der Waals surface area contributed by atoms with Crippen LogP contribution in [0.2, 0.25) is 0 Å². The monoisotopic (exact) mass is 615 g/mol. The van der Waals surface area contributed by atoms with Gasteiger partial charge in [0.15, 0.2) is 0 Å². The number of aromatic hydroxyl groups is 1. The van der Waals surface area contributed by atoms with E-state index in [1.165, 1.54) is 0 Å². The highest BCUT2D eigenvalue weighted by atomic mass is 79.9. The molecule has 6 rings (SSSR count). The van der Waals surface area contributed by atoms with Gasteiger partial charge in [-0.25, -0.2) is 12.9 Å². The normalized spacial score (nSPS) is 15.8. The maximum atomic E-state index is 13.5. The lowest BCUT2D eigenvalue weighted by atomic mass is 9.83. The average molecular weight is 617 g/mol. The number of rotatable bonds is 6. The molecule has 0 amide bonds. The number of nitrogens with zero attached hydrogens (tertiary/aromatic N) is 3. The number of benzene rings is 3. The summed E-state index contributed by atoms with van der Waals surface area (Å²) in [5, 5.41) is 15.1. The molecule has 0 radical (unpaired) electrons. The summed E-state index contributed by atoms with van der Waals surface area (Å²) in [6, 6.07) is 28.6. The van der Waals surface area contributed by atoms with Gasteiger partial charge in [0.05, 0.1) is 21.1 Å². The molecular formula is C32H30BrN3O3S. The van der Waals surface area contributed by atoms with E-state index in [9.17, 15) is 13.5 Å². The third-order valence-electron chi connectivity index (χ3n) is 8.09. The molecule has 1 fully saturated rings. The lowest BCUT2D eigenvalue weighted by molar-refractivity contribution is 0.247. The molecule has 1 aliphatic heterocycles. The fourth-order valence-corrected chi connectivity index (χ4v) is 7.58. The molecule has 3 heterocycles. The molecule has 5 aromatic rings. The average Bonchev–Trinajstić information content (AvgIpc) is 3.37. The Morgan fingerprint density at radius 1 is 0.875 bits per heavy atom. The number of sulfonamides is 1. The van der Waals surface area contributed by atoms with Crippen molar-refractivity contribution in [2.24, 2.45) is 5.92 Å². The van der Waals surface area contributed by atoms with Crippen molar-refractivity contribution in [3.63, 3.8) is 0 Å². The highest BCUT2D eigenvalue weighted by molar-refractivity contribution is 9.10. The number of para-hydroxylation sites is 1. The summed E-state index contributed by atoms with van der Waals surface area (Å²) in [5.74, 6) is 0.657. The predicted molar refractivity (Wildman–Crippen MR) is 162 cm³/mol. The Kier molecular flexibility index (Phi) is 7.25. The van der Waals surface area contributed by atoms with Crippen LogP contribution in [0.25, 0.3) is 27.8 Å². The van der Waals surface area contributed by atoms with Crippen molar-refractivity contribution in [1.82, 2.24) is 13.9 Å².